The van der Waals surface area contributed by atoms with Gasteiger partial charge in [0.15, 0.2) is 17.8 Å². The van der Waals surface area contributed by atoms with E-state index in [1.54, 1.807) is 12.1 Å². The molecule has 1 aliphatic carbocycles. The number of carbonyl (C=O) groups excluding carboxylic acids is 1. The Morgan fingerprint density at radius 1 is 1.29 bits per heavy atom. The van der Waals surface area contributed by atoms with E-state index in [4.69, 9.17) is 9.47 Å². The standard InChI is InChI=1S/C13H16O4/c1-16-11-9(7-13(15)5-6-13)3-4-10(8-14)12(11)17-2/h3-4,8,15H,5-7H2,1-2H3. The van der Waals surface area contributed by atoms with Gasteiger partial charge >= 0.3 is 0 Å². The Morgan fingerprint density at radius 2 is 1.94 bits per heavy atom. The second kappa shape index (κ2) is 4.37. The highest BCUT2D eigenvalue weighted by atomic mass is 16.5. The highest BCUT2D eigenvalue weighted by Gasteiger charge is 2.41. The lowest BCUT2D eigenvalue weighted by Gasteiger charge is -2.16. The summed E-state index contributed by atoms with van der Waals surface area (Å²) in [6.07, 6.45) is 2.89. The molecule has 1 N–H and O–H groups in total. The zero-order valence-corrected chi connectivity index (χ0v) is 10.0. The van der Waals surface area contributed by atoms with Gasteiger partial charge in [0.05, 0.1) is 25.4 Å². The predicted octanol–water partition coefficient (Wildman–Crippen LogP) is 1.58. The summed E-state index contributed by atoms with van der Waals surface area (Å²) in [6, 6.07) is 3.50. The summed E-state index contributed by atoms with van der Waals surface area (Å²) in [5, 5.41) is 9.93. The minimum absolute atomic E-state index is 0.434. The van der Waals surface area contributed by atoms with Crippen molar-refractivity contribution in [2.45, 2.75) is 24.9 Å². The highest BCUT2D eigenvalue weighted by Crippen LogP contribution is 2.42. The Balaban J connectivity index is 2.41. The van der Waals surface area contributed by atoms with Crippen LogP contribution < -0.4 is 9.47 Å². The summed E-state index contributed by atoms with van der Waals surface area (Å²) in [7, 11) is 3.04. The first-order chi connectivity index (χ1) is 8.13. The summed E-state index contributed by atoms with van der Waals surface area (Å²) < 4.78 is 10.5. The lowest BCUT2D eigenvalue weighted by molar-refractivity contribution is 0.112. The molecule has 0 unspecified atom stereocenters. The molecule has 2 rings (SSSR count). The molecule has 1 aromatic carbocycles. The Labute approximate surface area is 100 Å². The minimum atomic E-state index is -0.596. The first kappa shape index (κ1) is 11.9. The molecule has 0 atom stereocenters. The number of hydrogen-bond acceptors (Lipinski definition) is 4. The summed E-state index contributed by atoms with van der Waals surface area (Å²) >= 11 is 0. The molecule has 0 amide bonds. The van der Waals surface area contributed by atoms with Gasteiger partial charge < -0.3 is 14.6 Å². The molecule has 1 aromatic rings. The Morgan fingerprint density at radius 3 is 2.41 bits per heavy atom. The van der Waals surface area contributed by atoms with Crippen LogP contribution in [0.3, 0.4) is 0 Å². The van der Waals surface area contributed by atoms with Gasteiger partial charge in [-0.1, -0.05) is 6.07 Å². The van der Waals surface area contributed by atoms with Crippen molar-refractivity contribution in [3.8, 4) is 11.5 Å². The molecule has 0 aromatic heterocycles. The van der Waals surface area contributed by atoms with E-state index in [0.29, 0.717) is 23.5 Å². The van der Waals surface area contributed by atoms with Crippen molar-refractivity contribution >= 4 is 6.29 Å². The molecule has 4 heteroatoms. The van der Waals surface area contributed by atoms with E-state index in [9.17, 15) is 9.90 Å². The molecule has 0 spiro atoms. The normalized spacial score (nSPS) is 16.4. The fourth-order valence-corrected chi connectivity index (χ4v) is 1.96. The zero-order chi connectivity index (χ0) is 12.5. The Hall–Kier alpha value is -1.55. The second-order valence-corrected chi connectivity index (χ2v) is 4.40. The fourth-order valence-electron chi connectivity index (χ4n) is 1.96. The summed E-state index contributed by atoms with van der Waals surface area (Å²) in [4.78, 5) is 10.9. The van der Waals surface area contributed by atoms with E-state index in [0.717, 1.165) is 24.7 Å². The number of rotatable bonds is 5. The van der Waals surface area contributed by atoms with Gasteiger partial charge in [-0.3, -0.25) is 4.79 Å². The van der Waals surface area contributed by atoms with E-state index < -0.39 is 5.60 Å². The molecule has 17 heavy (non-hydrogen) atoms. The van der Waals surface area contributed by atoms with Gasteiger partial charge in [0.2, 0.25) is 0 Å². The van der Waals surface area contributed by atoms with Crippen LogP contribution in [0.15, 0.2) is 12.1 Å². The molecule has 0 saturated heterocycles. The van der Waals surface area contributed by atoms with Crippen LogP contribution in [-0.2, 0) is 6.42 Å². The van der Waals surface area contributed by atoms with Crippen molar-refractivity contribution in [1.29, 1.82) is 0 Å². The molecule has 1 fully saturated rings. The highest BCUT2D eigenvalue weighted by molar-refractivity contribution is 5.81. The van der Waals surface area contributed by atoms with Gasteiger partial charge in [0, 0.05) is 12.0 Å². The molecule has 0 heterocycles. The van der Waals surface area contributed by atoms with Crippen LogP contribution in [0.4, 0.5) is 0 Å². The average Bonchev–Trinajstić information content (AvgIpc) is 3.06. The predicted molar refractivity (Wildman–Crippen MR) is 62.8 cm³/mol. The maximum Gasteiger partial charge on any atom is 0.171 e. The smallest absolute Gasteiger partial charge is 0.171 e. The molecule has 1 aliphatic rings. The van der Waals surface area contributed by atoms with Crippen LogP contribution in [0.25, 0.3) is 0 Å². The van der Waals surface area contributed by atoms with Crippen LogP contribution in [0, 0.1) is 0 Å². The Bertz CT molecular complexity index is 435. The van der Waals surface area contributed by atoms with E-state index >= 15 is 0 Å². The molecular formula is C13H16O4. The third-order valence-corrected chi connectivity index (χ3v) is 3.11. The van der Waals surface area contributed by atoms with Crippen molar-refractivity contribution in [1.82, 2.24) is 0 Å². The monoisotopic (exact) mass is 236 g/mol. The van der Waals surface area contributed by atoms with Gasteiger partial charge in [-0.15, -0.1) is 0 Å². The SMILES string of the molecule is COc1c(C=O)ccc(CC2(O)CC2)c1OC. The number of aldehydes is 1. The third kappa shape index (κ3) is 2.26. The quantitative estimate of drug-likeness (QED) is 0.789. The van der Waals surface area contributed by atoms with Gasteiger partial charge in [-0.05, 0) is 18.9 Å². The summed E-state index contributed by atoms with van der Waals surface area (Å²) in [5.74, 6) is 0.974. The number of hydrogen-bond donors (Lipinski definition) is 1. The maximum absolute atomic E-state index is 10.9. The number of carbonyl (C=O) groups is 1. The van der Waals surface area contributed by atoms with E-state index in [-0.39, 0.29) is 0 Å². The van der Waals surface area contributed by atoms with Crippen LogP contribution in [0.5, 0.6) is 11.5 Å². The summed E-state index contributed by atoms with van der Waals surface area (Å²) in [6.45, 7) is 0. The number of ether oxygens (including phenoxy) is 2. The molecule has 0 aliphatic heterocycles. The van der Waals surface area contributed by atoms with Crippen molar-refractivity contribution in [3.05, 3.63) is 23.3 Å². The van der Waals surface area contributed by atoms with Crippen molar-refractivity contribution in [2.75, 3.05) is 14.2 Å². The Kier molecular flexibility index (Phi) is 3.07. The van der Waals surface area contributed by atoms with Gasteiger partial charge in [-0.25, -0.2) is 0 Å². The first-order valence-electron chi connectivity index (χ1n) is 5.55. The van der Waals surface area contributed by atoms with E-state index in [2.05, 4.69) is 0 Å². The van der Waals surface area contributed by atoms with Crippen LogP contribution >= 0.6 is 0 Å². The topological polar surface area (TPSA) is 55.8 Å². The van der Waals surface area contributed by atoms with Crippen LogP contribution in [0.1, 0.15) is 28.8 Å². The number of benzene rings is 1. The molecule has 0 radical (unpaired) electrons. The number of aliphatic hydroxyl groups is 1. The van der Waals surface area contributed by atoms with E-state index in [1.165, 1.54) is 14.2 Å². The van der Waals surface area contributed by atoms with Crippen molar-refractivity contribution < 1.29 is 19.4 Å². The molecule has 92 valence electrons. The maximum atomic E-state index is 10.9. The number of methoxy groups -OCH3 is 2. The van der Waals surface area contributed by atoms with Gasteiger partial charge in [0.25, 0.3) is 0 Å². The van der Waals surface area contributed by atoms with Crippen LogP contribution in [-0.4, -0.2) is 31.2 Å². The first-order valence-corrected chi connectivity index (χ1v) is 5.55. The molecule has 4 nitrogen and oxygen atoms in total. The van der Waals surface area contributed by atoms with Crippen molar-refractivity contribution in [2.24, 2.45) is 0 Å². The van der Waals surface area contributed by atoms with Gasteiger partial charge in [0.1, 0.15) is 0 Å². The second-order valence-electron chi connectivity index (χ2n) is 4.40. The van der Waals surface area contributed by atoms with Crippen molar-refractivity contribution in [3.63, 3.8) is 0 Å². The lowest BCUT2D eigenvalue weighted by Crippen LogP contribution is -2.12. The average molecular weight is 236 g/mol. The third-order valence-electron chi connectivity index (χ3n) is 3.11. The molecule has 0 bridgehead atoms. The largest absolute Gasteiger partial charge is 0.493 e. The zero-order valence-electron chi connectivity index (χ0n) is 10.0. The molecule has 1 saturated carbocycles. The van der Waals surface area contributed by atoms with E-state index in [1.807, 2.05) is 0 Å². The lowest BCUT2D eigenvalue weighted by atomic mass is 10.0. The fraction of sp³-hybridized carbons (Fsp3) is 0.462. The molecular weight excluding hydrogens is 220 g/mol. The summed E-state index contributed by atoms with van der Waals surface area (Å²) in [5.41, 5.74) is 0.729. The van der Waals surface area contributed by atoms with Gasteiger partial charge in [-0.2, -0.15) is 0 Å². The van der Waals surface area contributed by atoms with Crippen LogP contribution in [0.2, 0.25) is 0 Å². The minimum Gasteiger partial charge on any atom is -0.493 e.